The van der Waals surface area contributed by atoms with E-state index in [-0.39, 0.29) is 6.04 Å². The number of nitrogens with one attached hydrogen (secondary N) is 1. The third-order valence-corrected chi connectivity index (χ3v) is 7.36. The third kappa shape index (κ3) is 4.27. The van der Waals surface area contributed by atoms with Crippen molar-refractivity contribution >= 4 is 27.8 Å². The van der Waals surface area contributed by atoms with Gasteiger partial charge in [0.05, 0.1) is 35.3 Å². The number of rotatable bonds is 4. The second-order valence-corrected chi connectivity index (χ2v) is 9.67. The molecule has 37 heavy (non-hydrogen) atoms. The first-order valence-electron chi connectivity index (χ1n) is 12.6. The minimum absolute atomic E-state index is 0.0621. The molecule has 4 aromatic rings. The van der Waals surface area contributed by atoms with E-state index in [0.717, 1.165) is 56.1 Å². The molecule has 0 unspecified atom stereocenters. The SMILES string of the molecule is C=C(C)N1CCC(n2c(=O)[nH]c(=O)c3cnc4ccc(-c5ccc(N6CCOCC6)nc5)nc4c32)CC1. The van der Waals surface area contributed by atoms with Crippen LogP contribution in [0.25, 0.3) is 33.2 Å². The van der Waals surface area contributed by atoms with Crippen molar-refractivity contribution in [1.29, 1.82) is 0 Å². The van der Waals surface area contributed by atoms with Gasteiger partial charge in [0.1, 0.15) is 11.3 Å². The second kappa shape index (κ2) is 9.44. The van der Waals surface area contributed by atoms with E-state index in [2.05, 4.69) is 31.3 Å². The lowest BCUT2D eigenvalue weighted by atomic mass is 10.0. The molecule has 0 amide bonds. The predicted octanol–water partition coefficient (Wildman–Crippen LogP) is 2.70. The van der Waals surface area contributed by atoms with Crippen molar-refractivity contribution in [1.82, 2.24) is 29.4 Å². The Labute approximate surface area is 213 Å². The highest BCUT2D eigenvalue weighted by atomic mass is 16.5. The molecule has 0 atom stereocenters. The van der Waals surface area contributed by atoms with Crippen LogP contribution in [-0.2, 0) is 4.74 Å². The Morgan fingerprint density at radius 2 is 1.81 bits per heavy atom. The van der Waals surface area contributed by atoms with Crippen LogP contribution in [0.3, 0.4) is 0 Å². The molecule has 10 heteroatoms. The molecular weight excluding hydrogens is 470 g/mol. The number of hydrogen-bond donors (Lipinski definition) is 1. The van der Waals surface area contributed by atoms with Crippen LogP contribution in [0.5, 0.6) is 0 Å². The first-order chi connectivity index (χ1) is 18.0. The van der Waals surface area contributed by atoms with E-state index in [1.165, 1.54) is 6.20 Å². The van der Waals surface area contributed by atoms with Crippen molar-refractivity contribution in [2.45, 2.75) is 25.8 Å². The van der Waals surface area contributed by atoms with Crippen molar-refractivity contribution in [2.75, 3.05) is 44.3 Å². The zero-order chi connectivity index (χ0) is 25.5. The number of anilines is 1. The number of morpholine rings is 1. The molecule has 4 aromatic heterocycles. The first-order valence-corrected chi connectivity index (χ1v) is 12.6. The van der Waals surface area contributed by atoms with Crippen molar-refractivity contribution in [3.8, 4) is 11.3 Å². The highest BCUT2D eigenvalue weighted by molar-refractivity contribution is 6.01. The van der Waals surface area contributed by atoms with E-state index in [0.29, 0.717) is 40.8 Å². The van der Waals surface area contributed by atoms with Crippen LogP contribution >= 0.6 is 0 Å². The number of likely N-dealkylation sites (tertiary alicyclic amines) is 1. The van der Waals surface area contributed by atoms with E-state index in [1.54, 1.807) is 4.57 Å². The molecule has 2 aliphatic heterocycles. The van der Waals surface area contributed by atoms with Gasteiger partial charge in [-0.15, -0.1) is 0 Å². The van der Waals surface area contributed by atoms with Gasteiger partial charge in [-0.3, -0.25) is 19.3 Å². The Balaban J connectivity index is 1.45. The fraction of sp³-hybridized carbons (Fsp3) is 0.370. The smallest absolute Gasteiger partial charge is 0.329 e. The van der Waals surface area contributed by atoms with Gasteiger partial charge in [0.2, 0.25) is 0 Å². The molecule has 0 bridgehead atoms. The summed E-state index contributed by atoms with van der Waals surface area (Å²) < 4.78 is 7.15. The van der Waals surface area contributed by atoms with Gasteiger partial charge >= 0.3 is 5.69 Å². The Morgan fingerprint density at radius 3 is 2.51 bits per heavy atom. The molecule has 10 nitrogen and oxygen atoms in total. The van der Waals surface area contributed by atoms with Gasteiger partial charge in [-0.25, -0.2) is 14.8 Å². The minimum atomic E-state index is -0.450. The van der Waals surface area contributed by atoms with E-state index in [4.69, 9.17) is 9.72 Å². The highest BCUT2D eigenvalue weighted by Gasteiger charge is 2.25. The van der Waals surface area contributed by atoms with Crippen LogP contribution < -0.4 is 16.1 Å². The lowest BCUT2D eigenvalue weighted by molar-refractivity contribution is 0.122. The first kappa shape index (κ1) is 23.4. The zero-order valence-electron chi connectivity index (χ0n) is 20.8. The summed E-state index contributed by atoms with van der Waals surface area (Å²) in [5.41, 5.74) is 3.42. The summed E-state index contributed by atoms with van der Waals surface area (Å²) in [6.45, 7) is 10.7. The Kier molecular flexibility index (Phi) is 5.96. The van der Waals surface area contributed by atoms with Gasteiger partial charge < -0.3 is 14.5 Å². The normalized spacial score (nSPS) is 17.0. The second-order valence-electron chi connectivity index (χ2n) is 9.67. The fourth-order valence-electron chi connectivity index (χ4n) is 5.32. The average Bonchev–Trinajstić information content (AvgIpc) is 2.93. The molecule has 6 rings (SSSR count). The summed E-state index contributed by atoms with van der Waals surface area (Å²) >= 11 is 0. The maximum Gasteiger partial charge on any atom is 0.329 e. The number of H-pyrrole nitrogens is 1. The van der Waals surface area contributed by atoms with E-state index in [1.807, 2.05) is 37.4 Å². The molecule has 0 aromatic carbocycles. The minimum Gasteiger partial charge on any atom is -0.378 e. The number of ether oxygens (including phenoxy) is 1. The number of aromatic amines is 1. The molecule has 0 saturated carbocycles. The molecular formula is C27H29N7O3. The van der Waals surface area contributed by atoms with Gasteiger partial charge in [-0.2, -0.15) is 0 Å². The monoisotopic (exact) mass is 499 g/mol. The van der Waals surface area contributed by atoms with E-state index >= 15 is 0 Å². The van der Waals surface area contributed by atoms with Crippen molar-refractivity contribution in [2.24, 2.45) is 0 Å². The van der Waals surface area contributed by atoms with Crippen LogP contribution in [0.4, 0.5) is 5.82 Å². The average molecular weight is 500 g/mol. The number of pyridine rings is 3. The van der Waals surface area contributed by atoms with Crippen molar-refractivity contribution in [3.05, 3.63) is 69.8 Å². The molecule has 190 valence electrons. The fourth-order valence-corrected chi connectivity index (χ4v) is 5.32. The number of piperidine rings is 1. The zero-order valence-corrected chi connectivity index (χ0v) is 20.8. The Bertz CT molecular complexity index is 1600. The summed E-state index contributed by atoms with van der Waals surface area (Å²) in [5.74, 6) is 0.904. The molecule has 2 saturated heterocycles. The number of allylic oxidation sites excluding steroid dienone is 1. The molecule has 0 radical (unpaired) electrons. The number of aromatic nitrogens is 5. The van der Waals surface area contributed by atoms with E-state index in [9.17, 15) is 9.59 Å². The number of nitrogens with zero attached hydrogens (tertiary/aromatic N) is 6. The topological polar surface area (TPSA) is 109 Å². The largest absolute Gasteiger partial charge is 0.378 e. The van der Waals surface area contributed by atoms with Crippen LogP contribution in [0.1, 0.15) is 25.8 Å². The summed E-state index contributed by atoms with van der Waals surface area (Å²) in [4.78, 5) is 46.9. The lowest BCUT2D eigenvalue weighted by Gasteiger charge is -2.34. The molecule has 0 spiro atoms. The quantitative estimate of drug-likeness (QED) is 0.427. The van der Waals surface area contributed by atoms with Gasteiger partial charge in [0.25, 0.3) is 5.56 Å². The Hall–Kier alpha value is -4.05. The van der Waals surface area contributed by atoms with Crippen molar-refractivity contribution in [3.63, 3.8) is 0 Å². The molecule has 0 aliphatic carbocycles. The van der Waals surface area contributed by atoms with Crippen LogP contribution in [0.15, 0.2) is 58.5 Å². The molecule has 6 heterocycles. The predicted molar refractivity (Wildman–Crippen MR) is 143 cm³/mol. The van der Waals surface area contributed by atoms with Gasteiger partial charge in [-0.1, -0.05) is 6.58 Å². The van der Waals surface area contributed by atoms with Crippen LogP contribution in [-0.4, -0.2) is 68.8 Å². The van der Waals surface area contributed by atoms with Gasteiger partial charge in [-0.05, 0) is 44.0 Å². The van der Waals surface area contributed by atoms with E-state index < -0.39 is 11.2 Å². The maximum atomic E-state index is 13.2. The number of hydrogen-bond acceptors (Lipinski definition) is 8. The Morgan fingerprint density at radius 1 is 1.03 bits per heavy atom. The lowest BCUT2D eigenvalue weighted by Crippen LogP contribution is -2.39. The molecule has 1 N–H and O–H groups in total. The van der Waals surface area contributed by atoms with Crippen molar-refractivity contribution < 1.29 is 4.74 Å². The molecule has 2 fully saturated rings. The van der Waals surface area contributed by atoms with Crippen LogP contribution in [0.2, 0.25) is 0 Å². The van der Waals surface area contributed by atoms with Gasteiger partial charge in [0, 0.05) is 55.9 Å². The summed E-state index contributed by atoms with van der Waals surface area (Å²) in [7, 11) is 0. The highest BCUT2D eigenvalue weighted by Crippen LogP contribution is 2.29. The third-order valence-electron chi connectivity index (χ3n) is 7.36. The molecule has 2 aliphatic rings. The summed E-state index contributed by atoms with van der Waals surface area (Å²) in [5, 5.41) is 0.361. The van der Waals surface area contributed by atoms with Crippen LogP contribution in [0, 0.1) is 0 Å². The maximum absolute atomic E-state index is 13.2. The summed E-state index contributed by atoms with van der Waals surface area (Å²) in [6.07, 6.45) is 4.88. The number of fused-ring (bicyclic) bond motifs is 3. The summed E-state index contributed by atoms with van der Waals surface area (Å²) in [6, 6.07) is 7.70. The van der Waals surface area contributed by atoms with Gasteiger partial charge in [0.15, 0.2) is 0 Å². The standard InChI is InChI=1S/C27H29N7O3/c1-17(2)32-9-7-19(8-10-32)34-25-20(26(35)31-27(34)36)16-28-22-5-4-21(30-24(22)25)18-3-6-23(29-15-18)33-11-13-37-14-12-33/h3-6,15-16,19H,1,7-14H2,2H3,(H,31,35,36).